The second kappa shape index (κ2) is 14.7. The topological polar surface area (TPSA) is 9.23 Å². The quantitative estimate of drug-likeness (QED) is 0.248. The fourth-order valence-corrected chi connectivity index (χ4v) is 5.87. The molecule has 32 heavy (non-hydrogen) atoms. The molecule has 0 amide bonds. The summed E-state index contributed by atoms with van der Waals surface area (Å²) in [4.78, 5) is 0. The molecule has 0 spiro atoms. The second-order valence-corrected chi connectivity index (χ2v) is 10.6. The maximum atomic E-state index is 5.76. The van der Waals surface area contributed by atoms with Crippen molar-refractivity contribution in [2.24, 2.45) is 23.7 Å². The van der Waals surface area contributed by atoms with Gasteiger partial charge in [0.25, 0.3) is 0 Å². The van der Waals surface area contributed by atoms with Gasteiger partial charge >= 0.3 is 0 Å². The smallest absolute Gasteiger partial charge is 0.119 e. The molecule has 1 aromatic carbocycles. The molecule has 2 aliphatic carbocycles. The van der Waals surface area contributed by atoms with E-state index in [1.807, 2.05) is 0 Å². The average molecular weight is 437 g/mol. The molecule has 2 saturated carbocycles. The van der Waals surface area contributed by atoms with Crippen molar-refractivity contribution in [3.05, 3.63) is 29.8 Å². The van der Waals surface area contributed by atoms with E-state index in [1.54, 1.807) is 0 Å². The van der Waals surface area contributed by atoms with Gasteiger partial charge in [0.1, 0.15) is 5.75 Å². The van der Waals surface area contributed by atoms with E-state index >= 15 is 0 Å². The molecule has 2 aliphatic rings. The van der Waals surface area contributed by atoms with E-state index in [0.29, 0.717) is 5.92 Å². The first kappa shape index (κ1) is 25.2. The minimum atomic E-state index is 0.603. The first-order chi connectivity index (χ1) is 15.8. The van der Waals surface area contributed by atoms with E-state index in [4.69, 9.17) is 4.74 Å². The van der Waals surface area contributed by atoms with Crippen molar-refractivity contribution in [2.75, 3.05) is 6.61 Å². The molecule has 0 saturated heterocycles. The Labute approximate surface area is 199 Å². The van der Waals surface area contributed by atoms with Gasteiger partial charge in [-0.25, -0.2) is 0 Å². The molecule has 0 heterocycles. The zero-order valence-corrected chi connectivity index (χ0v) is 21.0. The van der Waals surface area contributed by atoms with E-state index in [1.165, 1.54) is 96.3 Å². The Balaban J connectivity index is 1.32. The van der Waals surface area contributed by atoms with Crippen molar-refractivity contribution >= 4 is 0 Å². The first-order valence-electron chi connectivity index (χ1n) is 14.0. The van der Waals surface area contributed by atoms with Crippen molar-refractivity contribution in [3.8, 4) is 17.6 Å². The van der Waals surface area contributed by atoms with Gasteiger partial charge in [0, 0.05) is 11.5 Å². The Kier molecular flexibility index (Phi) is 11.6. The van der Waals surface area contributed by atoms with Crippen LogP contribution in [0.15, 0.2) is 24.3 Å². The van der Waals surface area contributed by atoms with Crippen LogP contribution in [0.3, 0.4) is 0 Å². The van der Waals surface area contributed by atoms with Crippen molar-refractivity contribution in [1.29, 1.82) is 0 Å². The number of ether oxygens (including phenoxy) is 1. The van der Waals surface area contributed by atoms with Gasteiger partial charge in [-0.15, -0.1) is 0 Å². The van der Waals surface area contributed by atoms with Gasteiger partial charge in [0.15, 0.2) is 0 Å². The lowest BCUT2D eigenvalue weighted by Crippen LogP contribution is -2.25. The standard InChI is InChI=1S/C31H48O/c1-3-5-7-8-9-10-26-13-19-29(20-14-26)30-21-15-27(16-22-30)11-12-28-17-23-31(24-18-28)32-25-6-4-2/h17-18,23-24,26-27,29-30H,3-10,13-16,19-22,25H2,1-2H3/t26-,27-,29-,30-. The molecule has 0 radical (unpaired) electrons. The Morgan fingerprint density at radius 3 is 2.00 bits per heavy atom. The summed E-state index contributed by atoms with van der Waals surface area (Å²) < 4.78 is 5.76. The predicted octanol–water partition coefficient (Wildman–Crippen LogP) is 9.19. The maximum absolute atomic E-state index is 5.76. The number of hydrogen-bond acceptors (Lipinski definition) is 1. The SMILES string of the molecule is CCCCCCC[C@H]1CC[C@H]([C@H]2CC[C@H](C#Cc3ccc(OCCCC)cc3)CC2)CC1. The fourth-order valence-electron chi connectivity index (χ4n) is 5.87. The lowest BCUT2D eigenvalue weighted by molar-refractivity contribution is 0.153. The molecule has 0 aromatic heterocycles. The Morgan fingerprint density at radius 1 is 0.719 bits per heavy atom. The Bertz CT molecular complexity index is 663. The Hall–Kier alpha value is -1.42. The first-order valence-corrected chi connectivity index (χ1v) is 14.0. The molecule has 0 bridgehead atoms. The summed E-state index contributed by atoms with van der Waals surface area (Å²) in [5.41, 5.74) is 1.13. The highest BCUT2D eigenvalue weighted by Gasteiger charge is 2.30. The highest BCUT2D eigenvalue weighted by Crippen LogP contribution is 2.42. The lowest BCUT2D eigenvalue weighted by Gasteiger charge is -2.37. The highest BCUT2D eigenvalue weighted by molar-refractivity contribution is 5.38. The average Bonchev–Trinajstić information content (AvgIpc) is 2.84. The van der Waals surface area contributed by atoms with Crippen molar-refractivity contribution in [1.82, 2.24) is 0 Å². The third-order valence-electron chi connectivity index (χ3n) is 8.09. The molecule has 1 heteroatoms. The van der Waals surface area contributed by atoms with Crippen LogP contribution in [0.1, 0.15) is 122 Å². The zero-order chi connectivity index (χ0) is 22.4. The van der Waals surface area contributed by atoms with Crippen LogP contribution in [-0.4, -0.2) is 6.61 Å². The van der Waals surface area contributed by atoms with Crippen LogP contribution in [0.4, 0.5) is 0 Å². The molecular formula is C31H48O. The van der Waals surface area contributed by atoms with E-state index in [-0.39, 0.29) is 0 Å². The van der Waals surface area contributed by atoms with Gasteiger partial charge in [-0.2, -0.15) is 0 Å². The molecule has 0 atom stereocenters. The van der Waals surface area contributed by atoms with E-state index in [0.717, 1.165) is 42.1 Å². The van der Waals surface area contributed by atoms with Gasteiger partial charge in [-0.1, -0.05) is 83.5 Å². The fraction of sp³-hybridized carbons (Fsp3) is 0.742. The minimum absolute atomic E-state index is 0.603. The Morgan fingerprint density at radius 2 is 1.34 bits per heavy atom. The van der Waals surface area contributed by atoms with Crippen LogP contribution in [-0.2, 0) is 0 Å². The molecular weight excluding hydrogens is 388 g/mol. The molecule has 1 nitrogen and oxygen atoms in total. The zero-order valence-electron chi connectivity index (χ0n) is 21.0. The largest absolute Gasteiger partial charge is 0.494 e. The van der Waals surface area contributed by atoms with Gasteiger partial charge in [0.2, 0.25) is 0 Å². The summed E-state index contributed by atoms with van der Waals surface area (Å²) >= 11 is 0. The van der Waals surface area contributed by atoms with Crippen LogP contribution < -0.4 is 4.74 Å². The van der Waals surface area contributed by atoms with Crippen LogP contribution in [0.5, 0.6) is 5.75 Å². The summed E-state index contributed by atoms with van der Waals surface area (Å²) in [6, 6.07) is 8.36. The van der Waals surface area contributed by atoms with Gasteiger partial charge in [-0.3, -0.25) is 0 Å². The van der Waals surface area contributed by atoms with E-state index in [2.05, 4.69) is 50.0 Å². The monoisotopic (exact) mass is 436 g/mol. The summed E-state index contributed by atoms with van der Waals surface area (Å²) in [6.45, 7) is 5.31. The van der Waals surface area contributed by atoms with Gasteiger partial charge < -0.3 is 4.74 Å². The minimum Gasteiger partial charge on any atom is -0.494 e. The molecule has 1 aromatic rings. The summed E-state index contributed by atoms with van der Waals surface area (Å²) in [6.07, 6.45) is 22.5. The van der Waals surface area contributed by atoms with Crippen molar-refractivity contribution in [3.63, 3.8) is 0 Å². The third kappa shape index (κ3) is 8.84. The van der Waals surface area contributed by atoms with Crippen LogP contribution in [0, 0.1) is 35.5 Å². The number of rotatable bonds is 11. The molecule has 178 valence electrons. The summed E-state index contributed by atoms with van der Waals surface area (Å²) in [5.74, 6) is 11.6. The maximum Gasteiger partial charge on any atom is 0.119 e. The van der Waals surface area contributed by atoms with Crippen LogP contribution >= 0.6 is 0 Å². The summed E-state index contributed by atoms with van der Waals surface area (Å²) in [5, 5.41) is 0. The number of benzene rings is 1. The predicted molar refractivity (Wildman–Crippen MR) is 138 cm³/mol. The number of hydrogen-bond donors (Lipinski definition) is 0. The molecule has 0 aliphatic heterocycles. The van der Waals surface area contributed by atoms with E-state index < -0.39 is 0 Å². The van der Waals surface area contributed by atoms with E-state index in [9.17, 15) is 0 Å². The van der Waals surface area contributed by atoms with Crippen molar-refractivity contribution in [2.45, 2.75) is 117 Å². The normalized spacial score (nSPS) is 25.7. The molecule has 0 N–H and O–H groups in total. The van der Waals surface area contributed by atoms with Gasteiger partial charge in [-0.05, 0) is 87.0 Å². The van der Waals surface area contributed by atoms with Crippen LogP contribution in [0.2, 0.25) is 0 Å². The van der Waals surface area contributed by atoms with Gasteiger partial charge in [0.05, 0.1) is 6.61 Å². The molecule has 3 rings (SSSR count). The van der Waals surface area contributed by atoms with Crippen LogP contribution in [0.25, 0.3) is 0 Å². The second-order valence-electron chi connectivity index (χ2n) is 10.6. The summed E-state index contributed by atoms with van der Waals surface area (Å²) in [7, 11) is 0. The third-order valence-corrected chi connectivity index (χ3v) is 8.09. The molecule has 2 fully saturated rings. The van der Waals surface area contributed by atoms with Crippen molar-refractivity contribution < 1.29 is 4.74 Å². The number of unbranched alkanes of at least 4 members (excludes halogenated alkanes) is 5. The lowest BCUT2D eigenvalue weighted by atomic mass is 9.69. The highest BCUT2D eigenvalue weighted by atomic mass is 16.5. The molecule has 0 unspecified atom stereocenters.